The molecule has 0 saturated heterocycles. The number of hydrogen-bond acceptors (Lipinski definition) is 5. The Morgan fingerprint density at radius 3 is 2.82 bits per heavy atom. The standard InChI is InChI=1S/C12H10F3N3O2S2/c13-12(14,15)4-18-8-5(3-17-18)1-2-6-7(8)11(22-20)21-9(6)10(16)19/h3,20H,1-2,4H2,(H2,16,19). The zero-order valence-corrected chi connectivity index (χ0v) is 12.6. The van der Waals surface area contributed by atoms with Crippen LogP contribution < -0.4 is 5.73 Å². The highest BCUT2D eigenvalue weighted by Gasteiger charge is 2.34. The van der Waals surface area contributed by atoms with Crippen LogP contribution in [0.2, 0.25) is 0 Å². The van der Waals surface area contributed by atoms with E-state index in [-0.39, 0.29) is 4.88 Å². The van der Waals surface area contributed by atoms with Gasteiger partial charge < -0.3 is 10.3 Å². The van der Waals surface area contributed by atoms with Crippen molar-refractivity contribution in [1.29, 1.82) is 0 Å². The second kappa shape index (κ2) is 5.28. The molecule has 3 N–H and O–H groups in total. The van der Waals surface area contributed by atoms with Gasteiger partial charge in [-0.25, -0.2) is 0 Å². The first kappa shape index (κ1) is 15.4. The number of carbonyl (C=O) groups excluding carboxylic acids is 1. The maximum absolute atomic E-state index is 12.7. The lowest BCUT2D eigenvalue weighted by molar-refractivity contribution is -0.142. The molecule has 0 fully saturated rings. The fourth-order valence-electron chi connectivity index (χ4n) is 2.63. The second-order valence-electron chi connectivity index (χ2n) is 4.82. The van der Waals surface area contributed by atoms with Crippen LogP contribution >= 0.6 is 23.4 Å². The molecule has 0 aromatic carbocycles. The maximum atomic E-state index is 12.7. The first-order chi connectivity index (χ1) is 10.3. The molecule has 2 aromatic heterocycles. The Kier molecular flexibility index (Phi) is 3.69. The van der Waals surface area contributed by atoms with Crippen molar-refractivity contribution in [1.82, 2.24) is 9.78 Å². The van der Waals surface area contributed by atoms with Gasteiger partial charge in [0.2, 0.25) is 0 Å². The van der Waals surface area contributed by atoms with Crippen molar-refractivity contribution in [3.05, 3.63) is 22.2 Å². The van der Waals surface area contributed by atoms with Crippen LogP contribution in [0.15, 0.2) is 10.4 Å². The van der Waals surface area contributed by atoms with Crippen LogP contribution in [0.5, 0.6) is 0 Å². The van der Waals surface area contributed by atoms with Gasteiger partial charge in [0.25, 0.3) is 5.91 Å². The van der Waals surface area contributed by atoms with Gasteiger partial charge in [-0.05, 0) is 24.0 Å². The van der Waals surface area contributed by atoms with Crippen molar-refractivity contribution >= 4 is 29.3 Å². The van der Waals surface area contributed by atoms with Crippen LogP contribution in [0, 0.1) is 0 Å². The van der Waals surface area contributed by atoms with Crippen molar-refractivity contribution in [2.45, 2.75) is 29.8 Å². The lowest BCUT2D eigenvalue weighted by Gasteiger charge is -2.17. The van der Waals surface area contributed by atoms with E-state index in [2.05, 4.69) is 5.10 Å². The maximum Gasteiger partial charge on any atom is 0.408 e. The highest BCUT2D eigenvalue weighted by Crippen LogP contribution is 2.46. The monoisotopic (exact) mass is 349 g/mol. The summed E-state index contributed by atoms with van der Waals surface area (Å²) >= 11 is 1.40. The second-order valence-corrected chi connectivity index (χ2v) is 6.69. The number of aryl methyl sites for hydroxylation is 1. The van der Waals surface area contributed by atoms with Gasteiger partial charge >= 0.3 is 6.18 Å². The van der Waals surface area contributed by atoms with Crippen molar-refractivity contribution in [3.8, 4) is 11.3 Å². The zero-order chi connectivity index (χ0) is 16.1. The SMILES string of the molecule is NC(=O)c1sc(SO)c2c1CCc1cnn(CC(F)(F)F)c1-2. The number of carbonyl (C=O) groups is 1. The number of fused-ring (bicyclic) bond motifs is 3. The Bertz CT molecular complexity index is 752. The molecule has 22 heavy (non-hydrogen) atoms. The van der Waals surface area contributed by atoms with Crippen LogP contribution in [0.25, 0.3) is 11.3 Å². The summed E-state index contributed by atoms with van der Waals surface area (Å²) in [4.78, 5) is 11.8. The molecule has 2 aromatic rings. The molecular weight excluding hydrogens is 339 g/mol. The molecule has 0 spiro atoms. The van der Waals surface area contributed by atoms with E-state index >= 15 is 0 Å². The number of thiophene rings is 1. The number of aromatic nitrogens is 2. The summed E-state index contributed by atoms with van der Waals surface area (Å²) in [7, 11) is 0. The Morgan fingerprint density at radius 2 is 2.23 bits per heavy atom. The Morgan fingerprint density at radius 1 is 1.50 bits per heavy atom. The quantitative estimate of drug-likeness (QED) is 0.835. The molecule has 118 valence electrons. The van der Waals surface area contributed by atoms with Gasteiger partial charge in [-0.3, -0.25) is 9.48 Å². The predicted octanol–water partition coefficient (Wildman–Crippen LogP) is 2.94. The van der Waals surface area contributed by atoms with Crippen molar-refractivity contribution < 1.29 is 22.5 Å². The van der Waals surface area contributed by atoms with E-state index < -0.39 is 18.6 Å². The molecule has 1 aliphatic rings. The predicted molar refractivity (Wildman–Crippen MR) is 76.0 cm³/mol. The molecule has 0 aliphatic heterocycles. The molecule has 1 aliphatic carbocycles. The van der Waals surface area contributed by atoms with E-state index in [1.807, 2.05) is 0 Å². The van der Waals surface area contributed by atoms with Crippen LogP contribution in [0.4, 0.5) is 13.2 Å². The highest BCUT2D eigenvalue weighted by atomic mass is 32.2. The lowest BCUT2D eigenvalue weighted by atomic mass is 9.92. The van der Waals surface area contributed by atoms with Crippen molar-refractivity contribution in [3.63, 3.8) is 0 Å². The number of nitrogens with zero attached hydrogens (tertiary/aromatic N) is 2. The Labute approximate surface area is 131 Å². The molecule has 5 nitrogen and oxygen atoms in total. The molecule has 1 amide bonds. The number of rotatable bonds is 3. The van der Waals surface area contributed by atoms with E-state index in [4.69, 9.17) is 5.73 Å². The smallest absolute Gasteiger partial charge is 0.365 e. The van der Waals surface area contributed by atoms with E-state index in [1.54, 1.807) is 0 Å². The average Bonchev–Trinajstić information content (AvgIpc) is 2.97. The first-order valence-electron chi connectivity index (χ1n) is 6.20. The van der Waals surface area contributed by atoms with E-state index in [0.29, 0.717) is 51.5 Å². The molecule has 0 atom stereocenters. The number of amides is 1. The minimum Gasteiger partial charge on any atom is -0.365 e. The first-order valence-corrected chi connectivity index (χ1v) is 7.79. The van der Waals surface area contributed by atoms with Gasteiger partial charge in [-0.1, -0.05) is 0 Å². The van der Waals surface area contributed by atoms with Gasteiger partial charge in [-0.2, -0.15) is 18.3 Å². The molecule has 10 heteroatoms. The summed E-state index contributed by atoms with van der Waals surface area (Å²) in [5, 5.41) is 3.81. The molecule has 0 radical (unpaired) electrons. The number of alkyl halides is 3. The van der Waals surface area contributed by atoms with E-state index in [1.165, 1.54) is 6.20 Å². The van der Waals surface area contributed by atoms with Crippen molar-refractivity contribution in [2.75, 3.05) is 0 Å². The molecule has 0 bridgehead atoms. The number of primary amides is 1. The number of halogens is 3. The summed E-state index contributed by atoms with van der Waals surface area (Å²) in [5.74, 6) is -0.646. The highest BCUT2D eigenvalue weighted by molar-refractivity contribution is 7.96. The van der Waals surface area contributed by atoms with Gasteiger partial charge in [0.15, 0.2) is 0 Å². The normalized spacial score (nSPS) is 13.8. The topological polar surface area (TPSA) is 81.1 Å². The third kappa shape index (κ3) is 2.50. The van der Waals surface area contributed by atoms with Gasteiger partial charge in [0.1, 0.15) is 6.54 Å². The third-order valence-corrected chi connectivity index (χ3v) is 5.29. The fourth-order valence-corrected chi connectivity index (χ4v) is 4.27. The summed E-state index contributed by atoms with van der Waals surface area (Å²) in [5.41, 5.74) is 7.32. The summed E-state index contributed by atoms with van der Waals surface area (Å²) in [6.07, 6.45) is -2.05. The molecule has 3 rings (SSSR count). The van der Waals surface area contributed by atoms with Crippen molar-refractivity contribution in [2.24, 2.45) is 5.73 Å². The molecule has 0 unspecified atom stereocenters. The fraction of sp³-hybridized carbons (Fsp3) is 0.333. The van der Waals surface area contributed by atoms with Crippen LogP contribution in [-0.2, 0) is 19.4 Å². The Hall–Kier alpha value is -1.52. The Balaban J connectivity index is 2.20. The van der Waals surface area contributed by atoms with Gasteiger partial charge in [0.05, 0.1) is 21.0 Å². The van der Waals surface area contributed by atoms with Gasteiger partial charge in [0, 0.05) is 17.6 Å². The molecule has 0 saturated carbocycles. The summed E-state index contributed by atoms with van der Waals surface area (Å²) in [6.45, 7) is -1.22. The molecular formula is C12H10F3N3O2S2. The van der Waals surface area contributed by atoms with E-state index in [0.717, 1.165) is 16.0 Å². The largest absolute Gasteiger partial charge is 0.408 e. The average molecular weight is 349 g/mol. The van der Waals surface area contributed by atoms with Crippen LogP contribution in [-0.4, -0.2) is 26.4 Å². The zero-order valence-electron chi connectivity index (χ0n) is 11.0. The summed E-state index contributed by atoms with van der Waals surface area (Å²) < 4.78 is 48.7. The van der Waals surface area contributed by atoms with E-state index in [9.17, 15) is 22.5 Å². The van der Waals surface area contributed by atoms with Crippen LogP contribution in [0.3, 0.4) is 0 Å². The lowest BCUT2D eigenvalue weighted by Crippen LogP contribution is -2.20. The number of nitrogens with two attached hydrogens (primary N) is 1. The minimum absolute atomic E-state index is 0.275. The van der Waals surface area contributed by atoms with Gasteiger partial charge in [-0.15, -0.1) is 11.3 Å². The number of hydrogen-bond donors (Lipinski definition) is 2. The van der Waals surface area contributed by atoms with Crippen LogP contribution in [0.1, 0.15) is 20.8 Å². The molecule has 2 heterocycles. The summed E-state index contributed by atoms with van der Waals surface area (Å²) in [6, 6.07) is 0. The third-order valence-electron chi connectivity index (χ3n) is 3.41. The minimum atomic E-state index is -4.41.